The third-order valence-corrected chi connectivity index (χ3v) is 4.59. The Kier molecular flexibility index (Phi) is 6.77. The predicted octanol–water partition coefficient (Wildman–Crippen LogP) is 3.82. The summed E-state index contributed by atoms with van der Waals surface area (Å²) < 4.78 is 6.74. The molecule has 2 rings (SSSR count). The Morgan fingerprint density at radius 1 is 1.22 bits per heavy atom. The maximum Gasteiger partial charge on any atom is 0.337 e. The van der Waals surface area contributed by atoms with Crippen molar-refractivity contribution in [2.75, 3.05) is 12.4 Å². The molecule has 0 spiro atoms. The van der Waals surface area contributed by atoms with Gasteiger partial charge in [0.2, 0.25) is 5.91 Å². The minimum absolute atomic E-state index is 0.0562. The molecule has 0 saturated carbocycles. The monoisotopic (exact) mass is 371 g/mol. The standard InChI is InChI=1S/C21H29N3O3/c1-13(2)12-24-16(5)18(15(4)23-24)8-10-20(25)22-19-9-7-17(11-14(19)3)21(26)27-6/h7,9,11,13H,8,10,12H2,1-6H3,(H,22,25). The summed E-state index contributed by atoms with van der Waals surface area (Å²) in [7, 11) is 1.35. The molecule has 1 heterocycles. The van der Waals surface area contributed by atoms with E-state index < -0.39 is 0 Å². The molecule has 0 aliphatic heterocycles. The van der Waals surface area contributed by atoms with E-state index in [0.29, 0.717) is 30.0 Å². The van der Waals surface area contributed by atoms with Gasteiger partial charge in [-0.1, -0.05) is 13.8 Å². The Hall–Kier alpha value is -2.63. The number of amides is 1. The van der Waals surface area contributed by atoms with Crippen LogP contribution in [0.25, 0.3) is 0 Å². The van der Waals surface area contributed by atoms with Crippen LogP contribution in [0.1, 0.15) is 53.1 Å². The number of anilines is 1. The molecule has 6 nitrogen and oxygen atoms in total. The van der Waals surface area contributed by atoms with Crippen LogP contribution in [0.5, 0.6) is 0 Å². The van der Waals surface area contributed by atoms with Crippen molar-refractivity contribution >= 4 is 17.6 Å². The fraction of sp³-hybridized carbons (Fsp3) is 0.476. The fourth-order valence-corrected chi connectivity index (χ4v) is 3.12. The number of carbonyl (C=O) groups excluding carboxylic acids is 2. The van der Waals surface area contributed by atoms with Gasteiger partial charge in [-0.05, 0) is 62.4 Å². The molecule has 0 radical (unpaired) electrons. The van der Waals surface area contributed by atoms with Crippen molar-refractivity contribution in [1.82, 2.24) is 9.78 Å². The minimum atomic E-state index is -0.389. The molecule has 1 amide bonds. The second kappa shape index (κ2) is 8.84. The third kappa shape index (κ3) is 5.18. The Morgan fingerprint density at radius 3 is 2.52 bits per heavy atom. The zero-order valence-corrected chi connectivity index (χ0v) is 17.0. The van der Waals surface area contributed by atoms with Gasteiger partial charge in [-0.3, -0.25) is 9.48 Å². The number of carbonyl (C=O) groups is 2. The number of benzene rings is 1. The molecule has 6 heteroatoms. The zero-order chi connectivity index (χ0) is 20.1. The highest BCUT2D eigenvalue weighted by molar-refractivity contribution is 5.94. The van der Waals surface area contributed by atoms with Crippen molar-refractivity contribution in [3.05, 3.63) is 46.3 Å². The summed E-state index contributed by atoms with van der Waals surface area (Å²) in [6.07, 6.45) is 1.04. The topological polar surface area (TPSA) is 73.2 Å². The number of esters is 1. The summed E-state index contributed by atoms with van der Waals surface area (Å²) in [6, 6.07) is 5.10. The van der Waals surface area contributed by atoms with E-state index in [9.17, 15) is 9.59 Å². The van der Waals surface area contributed by atoms with Crippen LogP contribution in [0.4, 0.5) is 5.69 Å². The highest BCUT2D eigenvalue weighted by atomic mass is 16.5. The molecule has 146 valence electrons. The molecule has 1 aromatic heterocycles. The quantitative estimate of drug-likeness (QED) is 0.751. The maximum atomic E-state index is 12.4. The first-order valence-electron chi connectivity index (χ1n) is 9.24. The molecule has 0 saturated heterocycles. The van der Waals surface area contributed by atoms with Crippen LogP contribution < -0.4 is 5.32 Å². The van der Waals surface area contributed by atoms with Gasteiger partial charge >= 0.3 is 5.97 Å². The van der Waals surface area contributed by atoms with Gasteiger partial charge < -0.3 is 10.1 Å². The molecule has 0 bridgehead atoms. The molecule has 0 atom stereocenters. The lowest BCUT2D eigenvalue weighted by Gasteiger charge is -2.10. The Balaban J connectivity index is 2.01. The Morgan fingerprint density at radius 2 is 1.93 bits per heavy atom. The summed E-state index contributed by atoms with van der Waals surface area (Å²) in [5.41, 5.74) is 5.26. The van der Waals surface area contributed by atoms with Gasteiger partial charge in [-0.25, -0.2) is 4.79 Å². The van der Waals surface area contributed by atoms with E-state index in [1.165, 1.54) is 7.11 Å². The van der Waals surface area contributed by atoms with E-state index in [4.69, 9.17) is 4.74 Å². The van der Waals surface area contributed by atoms with Crippen molar-refractivity contribution in [3.8, 4) is 0 Å². The van der Waals surface area contributed by atoms with E-state index in [2.05, 4.69) is 31.2 Å². The van der Waals surface area contributed by atoms with Crippen LogP contribution in [0.2, 0.25) is 0 Å². The second-order valence-electron chi connectivity index (χ2n) is 7.29. The SMILES string of the molecule is COC(=O)c1ccc(NC(=O)CCc2c(C)nn(CC(C)C)c2C)c(C)c1. The van der Waals surface area contributed by atoms with Gasteiger partial charge in [0.25, 0.3) is 0 Å². The molecule has 1 N–H and O–H groups in total. The summed E-state index contributed by atoms with van der Waals surface area (Å²) >= 11 is 0. The van der Waals surface area contributed by atoms with E-state index >= 15 is 0 Å². The number of nitrogens with one attached hydrogen (secondary N) is 1. The first-order chi connectivity index (χ1) is 12.7. The number of rotatable bonds is 7. The van der Waals surface area contributed by atoms with Crippen LogP contribution in [0.3, 0.4) is 0 Å². The van der Waals surface area contributed by atoms with Crippen LogP contribution in [-0.2, 0) is 22.5 Å². The summed E-state index contributed by atoms with van der Waals surface area (Å²) in [4.78, 5) is 24.0. The lowest BCUT2D eigenvalue weighted by molar-refractivity contribution is -0.116. The lowest BCUT2D eigenvalue weighted by atomic mass is 10.1. The van der Waals surface area contributed by atoms with Crippen molar-refractivity contribution < 1.29 is 14.3 Å². The van der Waals surface area contributed by atoms with Crippen LogP contribution >= 0.6 is 0 Å². The Labute approximate surface area is 160 Å². The van der Waals surface area contributed by atoms with Crippen LogP contribution in [0, 0.1) is 26.7 Å². The van der Waals surface area contributed by atoms with E-state index in [1.54, 1.807) is 18.2 Å². The second-order valence-corrected chi connectivity index (χ2v) is 7.29. The number of ether oxygens (including phenoxy) is 1. The van der Waals surface area contributed by atoms with Gasteiger partial charge in [-0.2, -0.15) is 5.10 Å². The number of hydrogen-bond acceptors (Lipinski definition) is 4. The minimum Gasteiger partial charge on any atom is -0.465 e. The summed E-state index contributed by atoms with van der Waals surface area (Å²) in [6.45, 7) is 11.1. The fourth-order valence-electron chi connectivity index (χ4n) is 3.12. The number of aryl methyl sites for hydroxylation is 2. The molecular weight excluding hydrogens is 342 g/mol. The third-order valence-electron chi connectivity index (χ3n) is 4.59. The number of nitrogens with zero attached hydrogens (tertiary/aromatic N) is 2. The molecule has 27 heavy (non-hydrogen) atoms. The highest BCUT2D eigenvalue weighted by Crippen LogP contribution is 2.19. The van der Waals surface area contributed by atoms with Crippen molar-refractivity contribution in [2.45, 2.75) is 54.0 Å². The van der Waals surface area contributed by atoms with Gasteiger partial charge in [0.15, 0.2) is 0 Å². The first-order valence-corrected chi connectivity index (χ1v) is 9.24. The number of aromatic nitrogens is 2. The number of methoxy groups -OCH3 is 1. The highest BCUT2D eigenvalue weighted by Gasteiger charge is 2.15. The van der Waals surface area contributed by atoms with Gasteiger partial charge in [0.05, 0.1) is 18.4 Å². The van der Waals surface area contributed by atoms with Crippen molar-refractivity contribution in [1.29, 1.82) is 0 Å². The lowest BCUT2D eigenvalue weighted by Crippen LogP contribution is -2.14. The summed E-state index contributed by atoms with van der Waals surface area (Å²) in [5, 5.41) is 7.53. The average molecular weight is 371 g/mol. The molecule has 1 aromatic carbocycles. The first kappa shape index (κ1) is 20.7. The Bertz CT molecular complexity index is 837. The molecule has 0 unspecified atom stereocenters. The predicted molar refractivity (Wildman–Crippen MR) is 106 cm³/mol. The maximum absolute atomic E-state index is 12.4. The van der Waals surface area contributed by atoms with Crippen LogP contribution in [0.15, 0.2) is 18.2 Å². The zero-order valence-electron chi connectivity index (χ0n) is 17.0. The smallest absolute Gasteiger partial charge is 0.337 e. The molecule has 0 aliphatic rings. The molecule has 0 aliphatic carbocycles. The molecular formula is C21H29N3O3. The largest absolute Gasteiger partial charge is 0.465 e. The van der Waals surface area contributed by atoms with E-state index in [0.717, 1.165) is 29.1 Å². The average Bonchev–Trinajstić information content (AvgIpc) is 2.87. The van der Waals surface area contributed by atoms with Crippen molar-refractivity contribution in [3.63, 3.8) is 0 Å². The van der Waals surface area contributed by atoms with Crippen molar-refractivity contribution in [2.24, 2.45) is 5.92 Å². The normalized spacial score (nSPS) is 10.9. The van der Waals surface area contributed by atoms with Gasteiger partial charge in [0, 0.05) is 24.3 Å². The van der Waals surface area contributed by atoms with E-state index in [1.807, 2.05) is 18.5 Å². The number of hydrogen-bond donors (Lipinski definition) is 1. The molecule has 2 aromatic rings. The van der Waals surface area contributed by atoms with Gasteiger partial charge in [0.1, 0.15) is 0 Å². The molecule has 0 fully saturated rings. The van der Waals surface area contributed by atoms with E-state index in [-0.39, 0.29) is 11.9 Å². The van der Waals surface area contributed by atoms with Crippen LogP contribution in [-0.4, -0.2) is 28.8 Å². The summed E-state index contributed by atoms with van der Waals surface area (Å²) in [5.74, 6) is 0.0785. The van der Waals surface area contributed by atoms with Gasteiger partial charge in [-0.15, -0.1) is 0 Å².